The molecule has 0 atom stereocenters. The van der Waals surface area contributed by atoms with E-state index in [1.165, 1.54) is 7.11 Å². The van der Waals surface area contributed by atoms with E-state index in [1.54, 1.807) is 6.08 Å². The van der Waals surface area contributed by atoms with Crippen LogP contribution in [-0.2, 0) is 9.53 Å². The van der Waals surface area contributed by atoms with Crippen LogP contribution in [0.25, 0.3) is 0 Å². The van der Waals surface area contributed by atoms with Crippen molar-refractivity contribution in [3.63, 3.8) is 0 Å². The quantitative estimate of drug-likeness (QED) is 0.401. The number of methoxy groups -OCH3 is 1. The Balaban J connectivity index is 0. The zero-order valence-corrected chi connectivity index (χ0v) is 5.68. The molecule has 0 spiro atoms. The third kappa shape index (κ3) is 7.17. The lowest BCUT2D eigenvalue weighted by molar-refractivity contribution is -0.139. The molecular weight excluding hydrogens is 120 g/mol. The maximum atomic E-state index is 10.3. The van der Waals surface area contributed by atoms with Crippen LogP contribution in [0.2, 0.25) is 0 Å². The van der Waals surface area contributed by atoms with Crippen LogP contribution >= 0.6 is 0 Å². The molecule has 0 aromatic rings. The standard InChI is InChI=1S/C6H10O2.H2O/c1-3-4-5-6(7)8-2;/h3-4H,5H2,1-2H3;1H2. The molecule has 0 saturated heterocycles. The number of carbonyl (C=O) groups is 1. The third-order valence-corrected chi connectivity index (χ3v) is 0.748. The summed E-state index contributed by atoms with van der Waals surface area (Å²) in [6.07, 6.45) is 3.95. The van der Waals surface area contributed by atoms with Crippen molar-refractivity contribution in [1.82, 2.24) is 0 Å². The van der Waals surface area contributed by atoms with Gasteiger partial charge in [-0.25, -0.2) is 0 Å². The van der Waals surface area contributed by atoms with Crippen LogP contribution in [0.4, 0.5) is 0 Å². The van der Waals surface area contributed by atoms with E-state index < -0.39 is 0 Å². The molecule has 0 saturated carbocycles. The molecule has 0 rings (SSSR count). The highest BCUT2D eigenvalue weighted by Crippen LogP contribution is 1.84. The maximum absolute atomic E-state index is 10.3. The summed E-state index contributed by atoms with van der Waals surface area (Å²) in [5.74, 6) is -0.192. The second-order valence-corrected chi connectivity index (χ2v) is 1.35. The van der Waals surface area contributed by atoms with Crippen LogP contribution in [0.3, 0.4) is 0 Å². The van der Waals surface area contributed by atoms with E-state index in [9.17, 15) is 4.79 Å². The fourth-order valence-electron chi connectivity index (χ4n) is 0.297. The third-order valence-electron chi connectivity index (χ3n) is 0.748. The van der Waals surface area contributed by atoms with Gasteiger partial charge in [0.15, 0.2) is 0 Å². The van der Waals surface area contributed by atoms with Gasteiger partial charge in [-0.1, -0.05) is 12.2 Å². The van der Waals surface area contributed by atoms with Gasteiger partial charge in [-0.3, -0.25) is 4.79 Å². The molecule has 0 aliphatic rings. The average molecular weight is 132 g/mol. The monoisotopic (exact) mass is 132 g/mol. The first-order valence-electron chi connectivity index (χ1n) is 2.49. The molecule has 0 heterocycles. The van der Waals surface area contributed by atoms with Crippen molar-refractivity contribution in [2.75, 3.05) is 7.11 Å². The fourth-order valence-corrected chi connectivity index (χ4v) is 0.297. The molecule has 0 aliphatic heterocycles. The molecule has 0 amide bonds. The van der Waals surface area contributed by atoms with Gasteiger partial charge < -0.3 is 10.2 Å². The van der Waals surface area contributed by atoms with Crippen LogP contribution in [0.15, 0.2) is 12.2 Å². The summed E-state index contributed by atoms with van der Waals surface area (Å²) < 4.78 is 4.36. The van der Waals surface area contributed by atoms with Crippen LogP contribution in [-0.4, -0.2) is 18.6 Å². The Hall–Kier alpha value is -0.830. The molecule has 0 unspecified atom stereocenters. The largest absolute Gasteiger partial charge is 0.469 e. The molecule has 0 fully saturated rings. The van der Waals surface area contributed by atoms with E-state index in [4.69, 9.17) is 0 Å². The van der Waals surface area contributed by atoms with Gasteiger partial charge in [-0.05, 0) is 6.92 Å². The minimum Gasteiger partial charge on any atom is -0.469 e. The number of carbonyl (C=O) groups excluding carboxylic acids is 1. The predicted octanol–water partition coefficient (Wildman–Crippen LogP) is 0.301. The van der Waals surface area contributed by atoms with Gasteiger partial charge in [-0.15, -0.1) is 0 Å². The normalized spacial score (nSPS) is 8.67. The Morgan fingerprint density at radius 2 is 2.22 bits per heavy atom. The molecule has 0 aromatic carbocycles. The van der Waals surface area contributed by atoms with Crippen LogP contribution in [0.5, 0.6) is 0 Å². The fraction of sp³-hybridized carbons (Fsp3) is 0.500. The van der Waals surface area contributed by atoms with Crippen molar-refractivity contribution in [3.8, 4) is 0 Å². The molecule has 9 heavy (non-hydrogen) atoms. The SMILES string of the molecule is CC=CCC(=O)OC.O. The minimum absolute atomic E-state index is 0. The Morgan fingerprint density at radius 3 is 2.56 bits per heavy atom. The molecule has 54 valence electrons. The molecule has 2 N–H and O–H groups in total. The van der Waals surface area contributed by atoms with E-state index in [1.807, 2.05) is 13.0 Å². The van der Waals surface area contributed by atoms with Crippen LogP contribution < -0.4 is 0 Å². The number of hydrogen-bond donors (Lipinski definition) is 0. The zero-order valence-electron chi connectivity index (χ0n) is 5.68. The number of rotatable bonds is 2. The minimum atomic E-state index is -0.192. The maximum Gasteiger partial charge on any atom is 0.309 e. The molecule has 0 aromatic heterocycles. The Labute approximate surface area is 54.6 Å². The number of esters is 1. The van der Waals surface area contributed by atoms with Gasteiger partial charge >= 0.3 is 5.97 Å². The van der Waals surface area contributed by atoms with Crippen LogP contribution in [0, 0.1) is 0 Å². The summed E-state index contributed by atoms with van der Waals surface area (Å²) in [6, 6.07) is 0. The summed E-state index contributed by atoms with van der Waals surface area (Å²) in [7, 11) is 1.38. The summed E-state index contributed by atoms with van der Waals surface area (Å²) >= 11 is 0. The number of allylic oxidation sites excluding steroid dienone is 1. The molecule has 0 aliphatic carbocycles. The van der Waals surface area contributed by atoms with Gasteiger partial charge in [0, 0.05) is 0 Å². The zero-order chi connectivity index (χ0) is 6.41. The summed E-state index contributed by atoms with van der Waals surface area (Å²) in [5.41, 5.74) is 0. The van der Waals surface area contributed by atoms with E-state index in [0.717, 1.165) is 0 Å². The van der Waals surface area contributed by atoms with Crippen molar-refractivity contribution < 1.29 is 15.0 Å². The molecular formula is C6H12O3. The molecule has 3 heteroatoms. The first-order chi connectivity index (χ1) is 3.81. The summed E-state index contributed by atoms with van der Waals surface area (Å²) in [4.78, 5) is 10.3. The second-order valence-electron chi connectivity index (χ2n) is 1.35. The average Bonchev–Trinajstić information content (AvgIpc) is 1.83. The van der Waals surface area contributed by atoms with E-state index >= 15 is 0 Å². The smallest absolute Gasteiger partial charge is 0.309 e. The second kappa shape index (κ2) is 7.17. The molecule has 0 bridgehead atoms. The topological polar surface area (TPSA) is 57.8 Å². The highest BCUT2D eigenvalue weighted by atomic mass is 16.5. The van der Waals surface area contributed by atoms with Crippen molar-refractivity contribution >= 4 is 5.97 Å². The molecule has 3 nitrogen and oxygen atoms in total. The molecule has 0 radical (unpaired) electrons. The Morgan fingerprint density at radius 1 is 1.67 bits per heavy atom. The predicted molar refractivity (Wildman–Crippen MR) is 35.1 cm³/mol. The van der Waals surface area contributed by atoms with E-state index in [0.29, 0.717) is 6.42 Å². The number of ether oxygens (including phenoxy) is 1. The van der Waals surface area contributed by atoms with Crippen LogP contribution in [0.1, 0.15) is 13.3 Å². The number of hydrogen-bond acceptors (Lipinski definition) is 2. The van der Waals surface area contributed by atoms with E-state index in [2.05, 4.69) is 4.74 Å². The van der Waals surface area contributed by atoms with Crippen molar-refractivity contribution in [1.29, 1.82) is 0 Å². The van der Waals surface area contributed by atoms with Crippen molar-refractivity contribution in [2.45, 2.75) is 13.3 Å². The Kier molecular flexibility index (Phi) is 8.79. The first kappa shape index (κ1) is 11.0. The van der Waals surface area contributed by atoms with Gasteiger partial charge in [0.05, 0.1) is 13.5 Å². The lowest BCUT2D eigenvalue weighted by atomic mass is 10.4. The van der Waals surface area contributed by atoms with Gasteiger partial charge in [0.2, 0.25) is 0 Å². The van der Waals surface area contributed by atoms with Crippen molar-refractivity contribution in [2.24, 2.45) is 0 Å². The Bertz CT molecular complexity index is 96.5. The summed E-state index contributed by atoms with van der Waals surface area (Å²) in [6.45, 7) is 1.86. The van der Waals surface area contributed by atoms with Gasteiger partial charge in [0.25, 0.3) is 0 Å². The lowest BCUT2D eigenvalue weighted by Crippen LogP contribution is -1.96. The van der Waals surface area contributed by atoms with Crippen molar-refractivity contribution in [3.05, 3.63) is 12.2 Å². The van der Waals surface area contributed by atoms with Gasteiger partial charge in [-0.2, -0.15) is 0 Å². The van der Waals surface area contributed by atoms with Gasteiger partial charge in [0.1, 0.15) is 0 Å². The lowest BCUT2D eigenvalue weighted by Gasteiger charge is -1.89. The highest BCUT2D eigenvalue weighted by molar-refractivity contribution is 5.70. The summed E-state index contributed by atoms with van der Waals surface area (Å²) in [5, 5.41) is 0. The van der Waals surface area contributed by atoms with E-state index in [-0.39, 0.29) is 11.4 Å². The highest BCUT2D eigenvalue weighted by Gasteiger charge is 1.91. The first-order valence-corrected chi connectivity index (χ1v) is 2.49.